The molecule has 0 radical (unpaired) electrons. The van der Waals surface area contributed by atoms with E-state index in [0.29, 0.717) is 37.4 Å². The molecule has 39 heavy (non-hydrogen) atoms. The van der Waals surface area contributed by atoms with Crippen molar-refractivity contribution in [3.63, 3.8) is 0 Å². The number of nitrogens with zero attached hydrogens (tertiary/aromatic N) is 4. The second kappa shape index (κ2) is 10.9. The summed E-state index contributed by atoms with van der Waals surface area (Å²) >= 11 is 2.26. The first-order valence-corrected chi connectivity index (χ1v) is 17.2. The molecule has 2 aromatic carbocycles. The lowest BCUT2D eigenvalue weighted by atomic mass is 9.82. The zero-order valence-corrected chi connectivity index (χ0v) is 25.8. The van der Waals surface area contributed by atoms with Gasteiger partial charge in [-0.2, -0.15) is 0 Å². The van der Waals surface area contributed by atoms with E-state index in [1.807, 2.05) is 49.4 Å². The minimum atomic E-state index is -3.27. The minimum Gasteiger partial charge on any atom is -0.497 e. The highest BCUT2D eigenvalue weighted by Gasteiger charge is 2.66. The lowest BCUT2D eigenvalue weighted by molar-refractivity contribution is -0.146. The van der Waals surface area contributed by atoms with E-state index in [9.17, 15) is 9.90 Å². The normalized spacial score (nSPS) is 24.5. The molecule has 208 valence electrons. The highest BCUT2D eigenvalue weighted by molar-refractivity contribution is 14.1. The van der Waals surface area contributed by atoms with Gasteiger partial charge in [0, 0.05) is 46.4 Å². The van der Waals surface area contributed by atoms with Crippen molar-refractivity contribution in [1.29, 1.82) is 0 Å². The third kappa shape index (κ3) is 5.14. The van der Waals surface area contributed by atoms with E-state index in [4.69, 9.17) is 9.47 Å². The number of methoxy groups -OCH3 is 1. The van der Waals surface area contributed by atoms with Gasteiger partial charge in [0.05, 0.1) is 31.1 Å². The van der Waals surface area contributed by atoms with Gasteiger partial charge in [-0.3, -0.25) is 9.48 Å². The Kier molecular flexibility index (Phi) is 7.88. The fourth-order valence-corrected chi connectivity index (χ4v) is 9.19. The van der Waals surface area contributed by atoms with Gasteiger partial charge in [-0.1, -0.05) is 24.3 Å². The molecule has 0 bridgehead atoms. The van der Waals surface area contributed by atoms with Crippen LogP contribution in [0.15, 0.2) is 48.7 Å². The number of hydrogen-bond acceptors (Lipinski definition) is 6. The fourth-order valence-electron chi connectivity index (χ4n) is 6.29. The molecule has 3 heterocycles. The van der Waals surface area contributed by atoms with Gasteiger partial charge in [-0.25, -0.2) is 0 Å². The lowest BCUT2D eigenvalue weighted by Crippen LogP contribution is -2.45. The molecule has 1 fully saturated rings. The molecule has 5 rings (SSSR count). The monoisotopic (exact) mass is 664 g/mol. The van der Waals surface area contributed by atoms with E-state index in [-0.39, 0.29) is 18.4 Å². The molecule has 0 aliphatic carbocycles. The Morgan fingerprint density at radius 2 is 1.97 bits per heavy atom. The van der Waals surface area contributed by atoms with Gasteiger partial charge in [0.15, 0.2) is 5.60 Å². The van der Waals surface area contributed by atoms with Gasteiger partial charge >= 0.3 is 0 Å². The molecule has 11 heteroatoms. The molecule has 1 amide bonds. The zero-order valence-electron chi connectivity index (χ0n) is 22.6. The maximum Gasteiger partial charge on any atom is 0.264 e. The highest BCUT2D eigenvalue weighted by Crippen LogP contribution is 2.60. The maximum absolute atomic E-state index is 16.0. The number of carbonyl (C=O) groups excluding carboxylic acids is 1. The third-order valence-electron chi connectivity index (χ3n) is 8.02. The van der Waals surface area contributed by atoms with Crippen molar-refractivity contribution in [2.75, 3.05) is 18.6 Å². The second-order valence-corrected chi connectivity index (χ2v) is 15.9. The predicted octanol–water partition coefficient (Wildman–Crippen LogP) is 4.84. The van der Waals surface area contributed by atoms with Crippen LogP contribution in [0.5, 0.6) is 5.75 Å². The van der Waals surface area contributed by atoms with Crippen LogP contribution in [0.1, 0.15) is 30.2 Å². The molecule has 4 atom stereocenters. The smallest absolute Gasteiger partial charge is 0.264 e. The molecule has 1 saturated heterocycles. The van der Waals surface area contributed by atoms with E-state index in [1.54, 1.807) is 36.0 Å². The highest BCUT2D eigenvalue weighted by atomic mass is 127. The number of benzene rings is 2. The summed E-state index contributed by atoms with van der Waals surface area (Å²) in [7, 11) is -1.67. The second-order valence-electron chi connectivity index (χ2n) is 10.9. The van der Waals surface area contributed by atoms with Crippen LogP contribution < -0.4 is 9.64 Å². The molecule has 2 aliphatic rings. The van der Waals surface area contributed by atoms with E-state index < -0.39 is 25.7 Å². The first-order chi connectivity index (χ1) is 18.6. The molecule has 1 spiro atoms. The summed E-state index contributed by atoms with van der Waals surface area (Å²) < 4.78 is 31.2. The van der Waals surface area contributed by atoms with Crippen LogP contribution in [0.25, 0.3) is 0 Å². The number of rotatable bonds is 9. The summed E-state index contributed by atoms with van der Waals surface area (Å²) in [5.74, 6) is 0.0899. The van der Waals surface area contributed by atoms with Gasteiger partial charge in [0.25, 0.3) is 5.91 Å². The molecule has 0 unspecified atom stereocenters. The van der Waals surface area contributed by atoms with Gasteiger partial charge in [-0.05, 0) is 78.0 Å². The average molecular weight is 665 g/mol. The topological polar surface area (TPSA) is 89.7 Å². The number of carbonyl (C=O) groups is 1. The van der Waals surface area contributed by atoms with Gasteiger partial charge in [0.1, 0.15) is 5.75 Å². The van der Waals surface area contributed by atoms with Crippen molar-refractivity contribution in [1.82, 2.24) is 15.0 Å². The van der Waals surface area contributed by atoms with Crippen LogP contribution in [-0.4, -0.2) is 54.2 Å². The number of halogens is 2. The summed E-state index contributed by atoms with van der Waals surface area (Å²) in [4.78, 5) is 16.2. The van der Waals surface area contributed by atoms with Crippen molar-refractivity contribution in [3.05, 3.63) is 69.1 Å². The van der Waals surface area contributed by atoms with Crippen molar-refractivity contribution in [2.24, 2.45) is 5.92 Å². The van der Waals surface area contributed by atoms with Crippen LogP contribution in [0.2, 0.25) is 18.6 Å². The third-order valence-corrected chi connectivity index (χ3v) is 11.2. The van der Waals surface area contributed by atoms with Crippen molar-refractivity contribution < 1.29 is 23.5 Å². The Morgan fingerprint density at radius 3 is 2.64 bits per heavy atom. The Balaban J connectivity index is 1.52. The number of aliphatic hydroxyl groups excluding tert-OH is 1. The van der Waals surface area contributed by atoms with E-state index in [2.05, 4.69) is 32.9 Å². The maximum atomic E-state index is 16.0. The van der Waals surface area contributed by atoms with Crippen LogP contribution in [0, 0.1) is 9.49 Å². The molecule has 2 aliphatic heterocycles. The molecule has 3 aromatic rings. The number of anilines is 1. The number of aryl methyl sites for hydroxylation is 1. The van der Waals surface area contributed by atoms with E-state index in [0.717, 1.165) is 20.4 Å². The van der Waals surface area contributed by atoms with Gasteiger partial charge in [0.2, 0.25) is 8.41 Å². The molecule has 1 aromatic heterocycles. The van der Waals surface area contributed by atoms with Crippen LogP contribution in [0.3, 0.4) is 0 Å². The van der Waals surface area contributed by atoms with Gasteiger partial charge < -0.3 is 23.6 Å². The number of amides is 1. The predicted molar refractivity (Wildman–Crippen MR) is 157 cm³/mol. The SMILES string of the molecule is COc1ccc2c(c1)[C@@]1(O[C@H](CCn3cc(CCO)nn3)[C@@H]([Si](C)(C)F)[C@@H]1C)C(=O)N2Cc1ccc(I)cc1. The number of aliphatic hydroxyl groups is 1. The minimum absolute atomic E-state index is 0.00211. The Bertz CT molecular complexity index is 1350. The summed E-state index contributed by atoms with van der Waals surface area (Å²) in [6.45, 7) is 6.23. The molecule has 0 saturated carbocycles. The summed E-state index contributed by atoms with van der Waals surface area (Å²) in [5.41, 5.74) is 1.51. The largest absolute Gasteiger partial charge is 0.497 e. The van der Waals surface area contributed by atoms with Gasteiger partial charge in [-0.15, -0.1) is 5.10 Å². The first kappa shape index (κ1) is 28.2. The summed E-state index contributed by atoms with van der Waals surface area (Å²) in [6.07, 6.45) is 2.24. The number of aromatic nitrogens is 3. The van der Waals surface area contributed by atoms with Crippen molar-refractivity contribution >= 4 is 42.6 Å². The number of fused-ring (bicyclic) bond motifs is 2. The Hall–Kier alpha value is -2.35. The standard InChI is InChI=1S/C28H34FIN4O4Si/c1-18-26(39(3,4)29)25(11-13-33-17-21(12-14-35)31-32-33)38-28(18)23-15-22(37-2)9-10-24(23)34(27(28)36)16-19-5-7-20(30)8-6-19/h5-10,15,17-18,25-26,35H,11-14,16H2,1-4H3/t18-,25+,26-,28+/m0/s1. The fraction of sp³-hybridized carbons (Fsp3) is 0.464. The quantitative estimate of drug-likeness (QED) is 0.200. The first-order valence-electron chi connectivity index (χ1n) is 13.2. The van der Waals surface area contributed by atoms with E-state index in [1.165, 1.54) is 0 Å². The van der Waals surface area contributed by atoms with Crippen LogP contribution in [-0.2, 0) is 34.6 Å². The zero-order chi connectivity index (χ0) is 27.9. The van der Waals surface area contributed by atoms with Crippen LogP contribution >= 0.6 is 22.6 Å². The molecule has 1 N–H and O–H groups in total. The molecular formula is C28H34FIN4O4Si. The molecule has 8 nitrogen and oxygen atoms in total. The molecular weight excluding hydrogens is 630 g/mol. The Morgan fingerprint density at radius 1 is 1.23 bits per heavy atom. The van der Waals surface area contributed by atoms with Crippen LogP contribution in [0.4, 0.5) is 9.80 Å². The average Bonchev–Trinajstić information content (AvgIpc) is 3.54. The lowest BCUT2D eigenvalue weighted by Gasteiger charge is -2.31. The Labute approximate surface area is 242 Å². The van der Waals surface area contributed by atoms with E-state index >= 15 is 4.11 Å². The number of ether oxygens (including phenoxy) is 2. The summed E-state index contributed by atoms with van der Waals surface area (Å²) in [5, 5.41) is 17.4. The van der Waals surface area contributed by atoms with Crippen molar-refractivity contribution in [2.45, 2.75) is 63.2 Å². The summed E-state index contributed by atoms with van der Waals surface area (Å²) in [6, 6.07) is 13.7. The van der Waals surface area contributed by atoms with Crippen molar-refractivity contribution in [3.8, 4) is 5.75 Å². The number of hydrogen-bond donors (Lipinski definition) is 1.